The van der Waals surface area contributed by atoms with Crippen LogP contribution in [0.4, 0.5) is 0 Å². The van der Waals surface area contributed by atoms with Crippen LogP contribution in [-0.4, -0.2) is 17.8 Å². The molecule has 20 heavy (non-hydrogen) atoms. The van der Waals surface area contributed by atoms with Gasteiger partial charge in [-0.25, -0.2) is 0 Å². The zero-order chi connectivity index (χ0) is 15.2. The molecule has 1 aromatic carbocycles. The number of hydrogen-bond acceptors (Lipinski definition) is 1. The van der Waals surface area contributed by atoms with E-state index in [1.165, 1.54) is 0 Å². The summed E-state index contributed by atoms with van der Waals surface area (Å²) in [5, 5.41) is 4.07. The molecule has 0 aliphatic heterocycles. The van der Waals surface area contributed by atoms with Crippen molar-refractivity contribution >= 4 is 21.8 Å². The van der Waals surface area contributed by atoms with Crippen molar-refractivity contribution in [3.8, 4) is 0 Å². The van der Waals surface area contributed by atoms with Gasteiger partial charge < -0.3 is 5.32 Å². The molecule has 0 spiro atoms. The van der Waals surface area contributed by atoms with Crippen molar-refractivity contribution in [2.45, 2.75) is 46.0 Å². The highest BCUT2D eigenvalue weighted by molar-refractivity contribution is 9.09. The number of carbonyl (C=O) groups excluding carboxylic acids is 1. The largest absolute Gasteiger partial charge is 0.352 e. The fraction of sp³-hybridized carbons (Fsp3) is 0.588. The average Bonchev–Trinajstić information content (AvgIpc) is 2.42. The average molecular weight is 340 g/mol. The maximum Gasteiger partial charge on any atom is 0.251 e. The first kappa shape index (κ1) is 17.2. The minimum absolute atomic E-state index is 0.0199. The zero-order valence-corrected chi connectivity index (χ0v) is 14.6. The van der Waals surface area contributed by atoms with Gasteiger partial charge in [0.25, 0.3) is 5.91 Å². The summed E-state index contributed by atoms with van der Waals surface area (Å²) < 4.78 is 0. The topological polar surface area (TPSA) is 29.1 Å². The molecule has 0 fully saturated rings. The van der Waals surface area contributed by atoms with Crippen LogP contribution < -0.4 is 5.32 Å². The van der Waals surface area contributed by atoms with E-state index in [9.17, 15) is 4.79 Å². The number of hydrogen-bond donors (Lipinski definition) is 1. The van der Waals surface area contributed by atoms with Crippen molar-refractivity contribution in [3.05, 3.63) is 35.4 Å². The summed E-state index contributed by atoms with van der Waals surface area (Å²) in [6, 6.07) is 7.89. The number of amides is 1. The normalized spacial score (nSPS) is 13.1. The number of benzene rings is 1. The number of carbonyl (C=O) groups is 1. The maximum atomic E-state index is 12.4. The molecule has 1 aromatic rings. The molecule has 3 heteroatoms. The molecule has 0 saturated heterocycles. The monoisotopic (exact) mass is 339 g/mol. The van der Waals surface area contributed by atoms with Crippen LogP contribution in [0.15, 0.2) is 24.3 Å². The smallest absolute Gasteiger partial charge is 0.251 e. The maximum absolute atomic E-state index is 12.4. The van der Waals surface area contributed by atoms with Crippen LogP contribution in [-0.2, 0) is 5.41 Å². The first-order valence-electron chi connectivity index (χ1n) is 7.33. The lowest BCUT2D eigenvalue weighted by atomic mass is 9.83. The summed E-state index contributed by atoms with van der Waals surface area (Å²) in [4.78, 5) is 12.4. The second-order valence-electron chi connectivity index (χ2n) is 6.26. The molecule has 0 aliphatic carbocycles. The Morgan fingerprint density at radius 1 is 1.30 bits per heavy atom. The van der Waals surface area contributed by atoms with Crippen LogP contribution in [0.3, 0.4) is 0 Å². The van der Waals surface area contributed by atoms with Crippen LogP contribution in [0.5, 0.6) is 0 Å². The van der Waals surface area contributed by atoms with Gasteiger partial charge in [-0.05, 0) is 29.4 Å². The summed E-state index contributed by atoms with van der Waals surface area (Å²) in [5.41, 5.74) is 1.88. The first-order valence-corrected chi connectivity index (χ1v) is 8.46. The van der Waals surface area contributed by atoms with Gasteiger partial charge in [0, 0.05) is 17.4 Å². The van der Waals surface area contributed by atoms with Crippen LogP contribution in [0.2, 0.25) is 0 Å². The Hall–Kier alpha value is -0.830. The summed E-state index contributed by atoms with van der Waals surface area (Å²) in [6.45, 7) is 9.33. The third-order valence-corrected chi connectivity index (χ3v) is 4.08. The lowest BCUT2D eigenvalue weighted by Crippen LogP contribution is -2.31. The van der Waals surface area contributed by atoms with Crippen molar-refractivity contribution < 1.29 is 4.79 Å². The highest BCUT2D eigenvalue weighted by Crippen LogP contribution is 2.25. The molecular formula is C17H26BrNO. The van der Waals surface area contributed by atoms with Crippen molar-refractivity contribution in [2.24, 2.45) is 5.92 Å². The molecule has 1 N–H and O–H groups in total. The van der Waals surface area contributed by atoms with E-state index < -0.39 is 0 Å². The van der Waals surface area contributed by atoms with Gasteiger partial charge in [0.2, 0.25) is 0 Å². The third kappa shape index (κ3) is 4.93. The molecule has 112 valence electrons. The minimum atomic E-state index is -0.0199. The van der Waals surface area contributed by atoms with Crippen LogP contribution >= 0.6 is 15.9 Å². The summed E-state index contributed by atoms with van der Waals surface area (Å²) in [7, 11) is 0. The molecule has 2 nitrogen and oxygen atoms in total. The molecule has 1 atom stereocenters. The van der Waals surface area contributed by atoms with E-state index >= 15 is 0 Å². The lowest BCUT2D eigenvalue weighted by Gasteiger charge is -2.23. The second-order valence-corrected chi connectivity index (χ2v) is 7.05. The van der Waals surface area contributed by atoms with E-state index in [1.807, 2.05) is 24.3 Å². The van der Waals surface area contributed by atoms with Crippen LogP contribution in [0, 0.1) is 5.92 Å². The lowest BCUT2D eigenvalue weighted by molar-refractivity contribution is 0.0944. The van der Waals surface area contributed by atoms with Gasteiger partial charge in [-0.15, -0.1) is 0 Å². The quantitative estimate of drug-likeness (QED) is 0.758. The van der Waals surface area contributed by atoms with Crippen molar-refractivity contribution in [3.63, 3.8) is 0 Å². The van der Waals surface area contributed by atoms with Gasteiger partial charge in [0.05, 0.1) is 0 Å². The van der Waals surface area contributed by atoms with Gasteiger partial charge >= 0.3 is 0 Å². The number of alkyl halides is 1. The Kier molecular flexibility index (Phi) is 6.74. The summed E-state index contributed by atoms with van der Waals surface area (Å²) >= 11 is 3.47. The molecule has 0 heterocycles. The van der Waals surface area contributed by atoms with E-state index in [4.69, 9.17) is 0 Å². The summed E-state index contributed by atoms with van der Waals surface area (Å²) in [6.07, 6.45) is 2.19. The van der Waals surface area contributed by atoms with Crippen molar-refractivity contribution in [1.29, 1.82) is 0 Å². The molecule has 1 rings (SSSR count). The molecule has 0 saturated carbocycles. The number of halogens is 1. The predicted octanol–water partition coefficient (Wildman–Crippen LogP) is 4.53. The van der Waals surface area contributed by atoms with Crippen LogP contribution in [0.25, 0.3) is 0 Å². The first-order chi connectivity index (χ1) is 9.40. The molecule has 0 aromatic heterocycles. The van der Waals surface area contributed by atoms with Gasteiger partial charge in [0.1, 0.15) is 0 Å². The molecule has 0 radical (unpaired) electrons. The van der Waals surface area contributed by atoms with Gasteiger partial charge in [-0.1, -0.05) is 68.2 Å². The van der Waals surface area contributed by atoms with Gasteiger partial charge in [-0.2, -0.15) is 0 Å². The van der Waals surface area contributed by atoms with E-state index in [0.29, 0.717) is 5.92 Å². The minimum Gasteiger partial charge on any atom is -0.352 e. The number of nitrogens with one attached hydrogen (secondary N) is 1. The third-order valence-electron chi connectivity index (χ3n) is 3.63. The standard InChI is InChI=1S/C17H26BrNO/c1-5-13(10-11-18)12-19-16(20)14-8-6-7-9-15(14)17(2,3)4/h6-9,13H,5,10-12H2,1-4H3,(H,19,20). The Morgan fingerprint density at radius 3 is 2.50 bits per heavy atom. The molecular weight excluding hydrogens is 314 g/mol. The fourth-order valence-electron chi connectivity index (χ4n) is 2.27. The van der Waals surface area contributed by atoms with E-state index in [0.717, 1.165) is 35.8 Å². The van der Waals surface area contributed by atoms with Crippen molar-refractivity contribution in [2.75, 3.05) is 11.9 Å². The molecule has 1 unspecified atom stereocenters. The molecule has 0 bridgehead atoms. The predicted molar refractivity (Wildman–Crippen MR) is 89.7 cm³/mol. The van der Waals surface area contributed by atoms with E-state index in [2.05, 4.69) is 48.9 Å². The van der Waals surface area contributed by atoms with Gasteiger partial charge in [-0.3, -0.25) is 4.79 Å². The number of rotatable bonds is 6. The van der Waals surface area contributed by atoms with Gasteiger partial charge in [0.15, 0.2) is 0 Å². The Morgan fingerprint density at radius 2 is 1.95 bits per heavy atom. The Bertz CT molecular complexity index is 437. The highest BCUT2D eigenvalue weighted by Gasteiger charge is 2.21. The van der Waals surface area contributed by atoms with E-state index in [-0.39, 0.29) is 11.3 Å². The van der Waals surface area contributed by atoms with E-state index in [1.54, 1.807) is 0 Å². The fourth-order valence-corrected chi connectivity index (χ4v) is 2.92. The SMILES string of the molecule is CCC(CCBr)CNC(=O)c1ccccc1C(C)(C)C. The molecule has 0 aliphatic rings. The Balaban J connectivity index is 2.78. The summed E-state index contributed by atoms with van der Waals surface area (Å²) in [5.74, 6) is 0.587. The zero-order valence-electron chi connectivity index (χ0n) is 13.0. The van der Waals surface area contributed by atoms with Crippen molar-refractivity contribution in [1.82, 2.24) is 5.32 Å². The second kappa shape index (κ2) is 7.82. The van der Waals surface area contributed by atoms with Crippen LogP contribution in [0.1, 0.15) is 56.5 Å². The molecule has 1 amide bonds. The highest BCUT2D eigenvalue weighted by atomic mass is 79.9. The Labute approximate surface area is 131 Å².